The van der Waals surface area contributed by atoms with Gasteiger partial charge < -0.3 is 20.7 Å². The number of hydrogen-bond donors (Lipinski definition) is 3. The zero-order valence-electron chi connectivity index (χ0n) is 21.0. The van der Waals surface area contributed by atoms with E-state index < -0.39 is 11.5 Å². The number of amides is 3. The van der Waals surface area contributed by atoms with Crippen LogP contribution in [0.1, 0.15) is 71.4 Å². The number of pyridine rings is 1. The zero-order valence-corrected chi connectivity index (χ0v) is 21.8. The third kappa shape index (κ3) is 4.64. The molecule has 3 amide bonds. The second-order valence-corrected chi connectivity index (χ2v) is 11.6. The van der Waals surface area contributed by atoms with Crippen LogP contribution in [0, 0.1) is 25.7 Å². The minimum Gasteiger partial charge on any atom is -0.381 e. The number of carbonyl (C=O) groups is 3. The summed E-state index contributed by atoms with van der Waals surface area (Å²) < 4.78 is 5.46. The van der Waals surface area contributed by atoms with Crippen molar-refractivity contribution in [2.24, 2.45) is 11.8 Å². The fraction of sp³-hybridized carbons (Fsp3) is 0.577. The number of nitrogens with one attached hydrogen (secondary N) is 3. The molecular formula is C26H33N5O4S. The van der Waals surface area contributed by atoms with Gasteiger partial charge in [-0.05, 0) is 51.4 Å². The van der Waals surface area contributed by atoms with Crippen molar-refractivity contribution < 1.29 is 19.1 Å². The molecular weight excluding hydrogens is 478 g/mol. The summed E-state index contributed by atoms with van der Waals surface area (Å²) in [6, 6.07) is 1.03. The quantitative estimate of drug-likeness (QED) is 0.562. The monoisotopic (exact) mass is 511 g/mol. The average Bonchev–Trinajstić information content (AvgIpc) is 3.33. The van der Waals surface area contributed by atoms with Crippen molar-refractivity contribution in [1.82, 2.24) is 15.3 Å². The molecule has 1 saturated carbocycles. The lowest BCUT2D eigenvalue weighted by Gasteiger charge is -2.32. The number of ether oxygens (including phenoxy) is 1. The Labute approximate surface area is 214 Å². The number of anilines is 2. The highest BCUT2D eigenvalue weighted by Crippen LogP contribution is 2.44. The van der Waals surface area contributed by atoms with E-state index in [0.29, 0.717) is 54.0 Å². The summed E-state index contributed by atoms with van der Waals surface area (Å²) in [6.45, 7) is 6.96. The van der Waals surface area contributed by atoms with Crippen LogP contribution in [0.5, 0.6) is 0 Å². The smallest absolute Gasteiger partial charge is 0.263 e. The number of hydrogen-bond acceptors (Lipinski definition) is 7. The van der Waals surface area contributed by atoms with E-state index in [1.807, 2.05) is 13.8 Å². The predicted octanol–water partition coefficient (Wildman–Crippen LogP) is 3.72. The summed E-state index contributed by atoms with van der Waals surface area (Å²) in [4.78, 5) is 48.9. The predicted molar refractivity (Wildman–Crippen MR) is 137 cm³/mol. The molecule has 0 aromatic carbocycles. The Hall–Kier alpha value is -2.85. The van der Waals surface area contributed by atoms with Gasteiger partial charge in [0.2, 0.25) is 11.8 Å². The van der Waals surface area contributed by atoms with Gasteiger partial charge in [-0.2, -0.15) is 0 Å². The summed E-state index contributed by atoms with van der Waals surface area (Å²) >= 11 is 1.34. The summed E-state index contributed by atoms with van der Waals surface area (Å²) in [5.41, 5.74) is 1.60. The summed E-state index contributed by atoms with van der Waals surface area (Å²) in [5, 5.41) is 9.70. The van der Waals surface area contributed by atoms with Gasteiger partial charge in [0.25, 0.3) is 5.91 Å². The standard InChI is InChI=1S/C26H33N5O4S/c1-14-4-6-17(7-5-14)21(31-24(33)22-15(2)28-16(3)36-22)23(32)30-20-12-19-18(13-27-20)26(25(34)29-19)8-10-35-11-9-26/h12-14,17,21H,4-11H2,1-3H3,(H,29,34)(H,31,33)(H,27,30,32). The van der Waals surface area contributed by atoms with Gasteiger partial charge in [0.05, 0.1) is 21.8 Å². The molecule has 1 atom stereocenters. The molecule has 2 aromatic heterocycles. The number of aryl methyl sites for hydroxylation is 2. The van der Waals surface area contributed by atoms with Gasteiger partial charge in [-0.3, -0.25) is 14.4 Å². The minimum atomic E-state index is -0.682. The molecule has 1 aliphatic carbocycles. The molecule has 2 aliphatic heterocycles. The van der Waals surface area contributed by atoms with Gasteiger partial charge in [-0.25, -0.2) is 9.97 Å². The minimum absolute atomic E-state index is 0.0391. The van der Waals surface area contributed by atoms with Crippen molar-refractivity contribution in [1.29, 1.82) is 0 Å². The van der Waals surface area contributed by atoms with E-state index in [0.717, 1.165) is 36.3 Å². The molecule has 3 N–H and O–H groups in total. The van der Waals surface area contributed by atoms with E-state index in [1.54, 1.807) is 12.3 Å². The first-order chi connectivity index (χ1) is 17.3. The number of nitrogens with zero attached hydrogens (tertiary/aromatic N) is 2. The largest absolute Gasteiger partial charge is 0.381 e. The maximum atomic E-state index is 13.5. The number of rotatable bonds is 5. The topological polar surface area (TPSA) is 122 Å². The van der Waals surface area contributed by atoms with Crippen LogP contribution in [-0.4, -0.2) is 46.9 Å². The number of carbonyl (C=O) groups excluding carboxylic acids is 3. The third-order valence-electron chi connectivity index (χ3n) is 7.91. The lowest BCUT2D eigenvalue weighted by atomic mass is 9.76. The molecule has 36 heavy (non-hydrogen) atoms. The second-order valence-electron chi connectivity index (χ2n) is 10.4. The molecule has 2 fully saturated rings. The van der Waals surface area contributed by atoms with Crippen LogP contribution in [0.3, 0.4) is 0 Å². The Bertz CT molecular complexity index is 1180. The van der Waals surface area contributed by atoms with Crippen LogP contribution in [0.25, 0.3) is 0 Å². The normalized spacial score (nSPS) is 23.6. The van der Waals surface area contributed by atoms with E-state index in [2.05, 4.69) is 32.8 Å². The number of aromatic nitrogens is 2. The van der Waals surface area contributed by atoms with Gasteiger partial charge in [0.1, 0.15) is 16.7 Å². The highest BCUT2D eigenvalue weighted by Gasteiger charge is 2.48. The molecule has 192 valence electrons. The molecule has 1 spiro atoms. The molecule has 4 heterocycles. The Balaban J connectivity index is 1.36. The third-order valence-corrected chi connectivity index (χ3v) is 8.98. The van der Waals surface area contributed by atoms with Crippen molar-refractivity contribution in [3.8, 4) is 0 Å². The molecule has 0 bridgehead atoms. The second kappa shape index (κ2) is 9.89. The summed E-state index contributed by atoms with van der Waals surface area (Å²) in [6.07, 6.45) is 6.72. The first kappa shape index (κ1) is 24.8. The number of fused-ring (bicyclic) bond motifs is 2. The Morgan fingerprint density at radius 2 is 1.92 bits per heavy atom. The van der Waals surface area contributed by atoms with Crippen LogP contribution in [0.2, 0.25) is 0 Å². The van der Waals surface area contributed by atoms with E-state index in [-0.39, 0.29) is 23.6 Å². The van der Waals surface area contributed by atoms with Gasteiger partial charge in [0, 0.05) is 31.0 Å². The maximum Gasteiger partial charge on any atom is 0.263 e. The Morgan fingerprint density at radius 3 is 2.58 bits per heavy atom. The van der Waals surface area contributed by atoms with E-state index in [4.69, 9.17) is 4.74 Å². The van der Waals surface area contributed by atoms with Crippen LogP contribution >= 0.6 is 11.3 Å². The van der Waals surface area contributed by atoms with Crippen molar-refractivity contribution in [2.75, 3.05) is 23.8 Å². The summed E-state index contributed by atoms with van der Waals surface area (Å²) in [5.74, 6) is 0.414. The fourth-order valence-electron chi connectivity index (χ4n) is 5.76. The van der Waals surface area contributed by atoms with Crippen LogP contribution < -0.4 is 16.0 Å². The highest BCUT2D eigenvalue weighted by molar-refractivity contribution is 7.13. The van der Waals surface area contributed by atoms with E-state index >= 15 is 0 Å². The molecule has 10 heteroatoms. The molecule has 9 nitrogen and oxygen atoms in total. The maximum absolute atomic E-state index is 13.5. The van der Waals surface area contributed by atoms with E-state index in [9.17, 15) is 14.4 Å². The SMILES string of the molecule is Cc1nc(C)c(C(=O)NC(C(=O)Nc2cc3c(cn2)C2(CCOCC2)C(=O)N3)C2CCC(C)CC2)s1. The molecule has 1 saturated heterocycles. The Kier molecular flexibility index (Phi) is 6.82. The van der Waals surface area contributed by atoms with Crippen molar-refractivity contribution in [2.45, 2.75) is 70.8 Å². The molecule has 2 aromatic rings. The molecule has 5 rings (SSSR count). The van der Waals surface area contributed by atoms with Gasteiger partial charge >= 0.3 is 0 Å². The van der Waals surface area contributed by atoms with Gasteiger partial charge in [-0.15, -0.1) is 11.3 Å². The van der Waals surface area contributed by atoms with E-state index in [1.165, 1.54) is 11.3 Å². The molecule has 0 radical (unpaired) electrons. The van der Waals surface area contributed by atoms with Gasteiger partial charge in [0.15, 0.2) is 0 Å². The molecule has 1 unspecified atom stereocenters. The van der Waals surface area contributed by atoms with Crippen molar-refractivity contribution >= 4 is 40.6 Å². The first-order valence-electron chi connectivity index (χ1n) is 12.7. The fourth-order valence-corrected chi connectivity index (χ4v) is 6.58. The first-order valence-corrected chi connectivity index (χ1v) is 13.5. The van der Waals surface area contributed by atoms with Gasteiger partial charge in [-0.1, -0.05) is 19.8 Å². The molecule has 3 aliphatic rings. The van der Waals surface area contributed by atoms with Crippen LogP contribution in [0.15, 0.2) is 12.3 Å². The Morgan fingerprint density at radius 1 is 1.19 bits per heavy atom. The van der Waals surface area contributed by atoms with Crippen molar-refractivity contribution in [3.63, 3.8) is 0 Å². The lowest BCUT2D eigenvalue weighted by Crippen LogP contribution is -2.49. The highest BCUT2D eigenvalue weighted by atomic mass is 32.1. The number of thiazole rings is 1. The van der Waals surface area contributed by atoms with Crippen LogP contribution in [-0.2, 0) is 19.7 Å². The van der Waals surface area contributed by atoms with Crippen LogP contribution in [0.4, 0.5) is 11.5 Å². The zero-order chi connectivity index (χ0) is 25.4. The lowest BCUT2D eigenvalue weighted by molar-refractivity contribution is -0.124. The van der Waals surface area contributed by atoms with Crippen molar-refractivity contribution in [3.05, 3.63) is 33.4 Å². The summed E-state index contributed by atoms with van der Waals surface area (Å²) in [7, 11) is 0. The average molecular weight is 512 g/mol.